The summed E-state index contributed by atoms with van der Waals surface area (Å²) in [6.07, 6.45) is 4.54. The third kappa shape index (κ3) is 10.0. The van der Waals surface area contributed by atoms with E-state index >= 15 is 0 Å². The second-order valence-electron chi connectivity index (χ2n) is 7.08. The number of aromatic nitrogens is 2. The molecule has 0 spiro atoms. The molecule has 1 aromatic rings. The van der Waals surface area contributed by atoms with Gasteiger partial charge in [0.1, 0.15) is 11.6 Å². The van der Waals surface area contributed by atoms with Gasteiger partial charge in [-0.3, -0.25) is 0 Å². The molecule has 0 saturated carbocycles. The average Bonchev–Trinajstić information content (AvgIpc) is 2.61. The summed E-state index contributed by atoms with van der Waals surface area (Å²) in [7, 11) is 0. The standard InChI is InChI=1S/C12H19N3O.C6H14O2.C2H6/c1-8(7-16)13-12-10-5-3-4-6-11(10)14-9(2)15-12;1-5-7-8-6(2,3)4;1-2/h8,16H,3-7H2,1-2H3,(H,13,14,15);5H2,1-4H3;1-2H3/t8-;;/m0../s1. The molecule has 26 heavy (non-hydrogen) atoms. The van der Waals surface area contributed by atoms with Gasteiger partial charge in [-0.1, -0.05) is 13.8 Å². The number of aryl methyl sites for hydroxylation is 2. The van der Waals surface area contributed by atoms with Crippen molar-refractivity contribution < 1.29 is 14.9 Å². The van der Waals surface area contributed by atoms with Crippen LogP contribution < -0.4 is 5.32 Å². The number of nitrogens with one attached hydrogen (secondary N) is 1. The molecule has 2 rings (SSSR count). The van der Waals surface area contributed by atoms with E-state index in [4.69, 9.17) is 14.9 Å². The van der Waals surface area contributed by atoms with Gasteiger partial charge in [0.15, 0.2) is 0 Å². The normalized spacial score (nSPS) is 14.2. The van der Waals surface area contributed by atoms with Crippen LogP contribution in [0.2, 0.25) is 0 Å². The van der Waals surface area contributed by atoms with Crippen LogP contribution in [0.15, 0.2) is 0 Å². The summed E-state index contributed by atoms with van der Waals surface area (Å²) in [5.74, 6) is 1.73. The van der Waals surface area contributed by atoms with E-state index in [0.29, 0.717) is 6.61 Å². The van der Waals surface area contributed by atoms with Crippen molar-refractivity contribution in [2.45, 2.75) is 92.7 Å². The maximum atomic E-state index is 9.06. The van der Waals surface area contributed by atoms with E-state index in [0.717, 1.165) is 24.5 Å². The summed E-state index contributed by atoms with van der Waals surface area (Å²) in [6, 6.07) is 0.0420. The van der Waals surface area contributed by atoms with Crippen LogP contribution in [0.25, 0.3) is 0 Å². The molecule has 6 heteroatoms. The molecule has 0 bridgehead atoms. The van der Waals surface area contributed by atoms with Crippen LogP contribution in [0.5, 0.6) is 0 Å². The minimum atomic E-state index is -0.171. The summed E-state index contributed by atoms with van der Waals surface area (Å²) in [5, 5.41) is 12.3. The number of aliphatic hydroxyl groups is 1. The van der Waals surface area contributed by atoms with Crippen LogP contribution in [0.1, 0.15) is 78.4 Å². The number of hydrogen-bond acceptors (Lipinski definition) is 6. The van der Waals surface area contributed by atoms with Crippen molar-refractivity contribution in [1.29, 1.82) is 0 Å². The smallest absolute Gasteiger partial charge is 0.133 e. The fraction of sp³-hybridized carbons (Fsp3) is 0.800. The van der Waals surface area contributed by atoms with Crippen LogP contribution in [-0.4, -0.2) is 39.9 Å². The number of anilines is 1. The monoisotopic (exact) mass is 369 g/mol. The lowest BCUT2D eigenvalue weighted by Crippen LogP contribution is -2.23. The van der Waals surface area contributed by atoms with Crippen molar-refractivity contribution in [3.05, 3.63) is 17.1 Å². The molecule has 0 saturated heterocycles. The van der Waals surface area contributed by atoms with Gasteiger partial charge >= 0.3 is 0 Å². The molecule has 0 fully saturated rings. The third-order valence-corrected chi connectivity index (χ3v) is 3.38. The number of aliphatic hydroxyl groups excluding tert-OH is 1. The minimum Gasteiger partial charge on any atom is -0.394 e. The van der Waals surface area contributed by atoms with Gasteiger partial charge in [-0.2, -0.15) is 0 Å². The van der Waals surface area contributed by atoms with Crippen LogP contribution in [0.3, 0.4) is 0 Å². The highest BCUT2D eigenvalue weighted by molar-refractivity contribution is 5.48. The molecule has 6 nitrogen and oxygen atoms in total. The van der Waals surface area contributed by atoms with Crippen molar-refractivity contribution in [2.24, 2.45) is 0 Å². The van der Waals surface area contributed by atoms with Gasteiger partial charge in [0.25, 0.3) is 0 Å². The number of nitrogens with zero attached hydrogens (tertiary/aromatic N) is 2. The maximum Gasteiger partial charge on any atom is 0.133 e. The minimum absolute atomic E-state index is 0.0420. The zero-order chi connectivity index (χ0) is 20.2. The lowest BCUT2D eigenvalue weighted by molar-refractivity contribution is -0.345. The zero-order valence-electron chi connectivity index (χ0n) is 18.0. The Balaban J connectivity index is 0.000000533. The Morgan fingerprint density at radius 2 is 1.77 bits per heavy atom. The molecule has 0 radical (unpaired) electrons. The fourth-order valence-corrected chi connectivity index (χ4v) is 2.35. The Bertz CT molecular complexity index is 502. The Morgan fingerprint density at radius 3 is 2.27 bits per heavy atom. The van der Waals surface area contributed by atoms with Gasteiger partial charge in [0, 0.05) is 17.3 Å². The molecule has 0 aliphatic heterocycles. The van der Waals surface area contributed by atoms with E-state index < -0.39 is 0 Å². The predicted octanol–water partition coefficient (Wildman–Crippen LogP) is 4.24. The highest BCUT2D eigenvalue weighted by Crippen LogP contribution is 2.25. The Kier molecular flexibility index (Phi) is 12.4. The largest absolute Gasteiger partial charge is 0.394 e. The SMILES string of the molecule is CC.CCOOC(C)(C)C.Cc1nc2c(c(N[C@@H](C)CO)n1)CCCC2. The molecule has 1 atom stereocenters. The number of fused-ring (bicyclic) bond motifs is 1. The van der Waals surface area contributed by atoms with Crippen molar-refractivity contribution in [1.82, 2.24) is 9.97 Å². The van der Waals surface area contributed by atoms with E-state index in [2.05, 4.69) is 15.3 Å². The van der Waals surface area contributed by atoms with Crippen LogP contribution in [0, 0.1) is 6.92 Å². The van der Waals surface area contributed by atoms with Crippen molar-refractivity contribution in [3.63, 3.8) is 0 Å². The molecule has 1 heterocycles. The van der Waals surface area contributed by atoms with Gasteiger partial charge in [-0.25, -0.2) is 19.7 Å². The fourth-order valence-electron chi connectivity index (χ4n) is 2.35. The lowest BCUT2D eigenvalue weighted by Gasteiger charge is -2.21. The first kappa shape index (κ1) is 24.8. The van der Waals surface area contributed by atoms with Crippen LogP contribution >= 0.6 is 0 Å². The lowest BCUT2D eigenvalue weighted by atomic mass is 9.96. The molecular formula is C20H39N3O3. The molecule has 2 N–H and O–H groups in total. The van der Waals surface area contributed by atoms with E-state index in [-0.39, 0.29) is 18.2 Å². The molecule has 0 unspecified atom stereocenters. The van der Waals surface area contributed by atoms with Crippen LogP contribution in [-0.2, 0) is 22.6 Å². The Morgan fingerprint density at radius 1 is 1.15 bits per heavy atom. The van der Waals surface area contributed by atoms with Crippen LogP contribution in [0.4, 0.5) is 5.82 Å². The number of rotatable bonds is 5. The zero-order valence-corrected chi connectivity index (χ0v) is 18.0. The van der Waals surface area contributed by atoms with Crippen molar-refractivity contribution in [2.75, 3.05) is 18.5 Å². The first-order valence-corrected chi connectivity index (χ1v) is 9.81. The molecular weight excluding hydrogens is 330 g/mol. The van der Waals surface area contributed by atoms with E-state index in [1.807, 2.05) is 55.4 Å². The second kappa shape index (κ2) is 13.0. The van der Waals surface area contributed by atoms with Gasteiger partial charge in [0.05, 0.1) is 18.8 Å². The molecule has 152 valence electrons. The van der Waals surface area contributed by atoms with Crippen molar-refractivity contribution >= 4 is 5.82 Å². The summed E-state index contributed by atoms with van der Waals surface area (Å²) in [4.78, 5) is 18.5. The quantitative estimate of drug-likeness (QED) is 0.597. The van der Waals surface area contributed by atoms with Gasteiger partial charge < -0.3 is 10.4 Å². The van der Waals surface area contributed by atoms with Gasteiger partial charge in [-0.05, 0) is 67.2 Å². The average molecular weight is 370 g/mol. The summed E-state index contributed by atoms with van der Waals surface area (Å²) >= 11 is 0. The third-order valence-electron chi connectivity index (χ3n) is 3.38. The molecule has 0 aromatic carbocycles. The highest BCUT2D eigenvalue weighted by atomic mass is 17.2. The van der Waals surface area contributed by atoms with Gasteiger partial charge in [0.2, 0.25) is 0 Å². The second-order valence-corrected chi connectivity index (χ2v) is 7.08. The first-order valence-electron chi connectivity index (χ1n) is 9.81. The Hall–Kier alpha value is -1.24. The summed E-state index contributed by atoms with van der Waals surface area (Å²) in [5.41, 5.74) is 2.26. The number of hydrogen-bond donors (Lipinski definition) is 2. The maximum absolute atomic E-state index is 9.06. The highest BCUT2D eigenvalue weighted by Gasteiger charge is 2.17. The van der Waals surface area contributed by atoms with E-state index in [1.165, 1.54) is 24.1 Å². The summed E-state index contributed by atoms with van der Waals surface area (Å²) < 4.78 is 0. The van der Waals surface area contributed by atoms with Crippen molar-refractivity contribution in [3.8, 4) is 0 Å². The summed E-state index contributed by atoms with van der Waals surface area (Å²) in [6.45, 7) is 16.3. The van der Waals surface area contributed by atoms with Gasteiger partial charge in [-0.15, -0.1) is 0 Å². The molecule has 0 amide bonds. The topological polar surface area (TPSA) is 76.5 Å². The molecule has 1 aliphatic rings. The predicted molar refractivity (Wildman–Crippen MR) is 107 cm³/mol. The molecule has 1 aliphatic carbocycles. The van der Waals surface area contributed by atoms with E-state index in [1.54, 1.807) is 0 Å². The molecule has 1 aromatic heterocycles. The first-order chi connectivity index (χ1) is 12.3. The van der Waals surface area contributed by atoms with E-state index in [9.17, 15) is 0 Å². The Labute approximate surface area is 159 Å².